The van der Waals surface area contributed by atoms with Gasteiger partial charge in [-0.05, 0) is 51.5 Å². The van der Waals surface area contributed by atoms with Gasteiger partial charge in [0.1, 0.15) is 0 Å². The Hall–Kier alpha value is -0.600. The first-order valence-electron chi connectivity index (χ1n) is 11.4. The number of hydrogen-bond acceptors (Lipinski definition) is 2. The normalized spacial score (nSPS) is 14.0. The summed E-state index contributed by atoms with van der Waals surface area (Å²) in [6.07, 6.45) is 28.5. The Bertz CT molecular complexity index is 324. The third-order valence-electron chi connectivity index (χ3n) is 5.38. The Morgan fingerprint density at radius 1 is 0.731 bits per heavy atom. The fourth-order valence-corrected chi connectivity index (χ4v) is 3.63. The predicted octanol–water partition coefficient (Wildman–Crippen LogP) is 7.04. The molecule has 0 saturated heterocycles. The van der Waals surface area contributed by atoms with E-state index in [1.54, 1.807) is 0 Å². The van der Waals surface area contributed by atoms with Crippen molar-refractivity contribution >= 4 is 0 Å². The van der Waals surface area contributed by atoms with Gasteiger partial charge < -0.3 is 11.5 Å². The molecule has 0 aromatic heterocycles. The van der Waals surface area contributed by atoms with Crippen molar-refractivity contribution in [3.8, 4) is 0 Å². The maximum atomic E-state index is 6.42. The highest BCUT2D eigenvalue weighted by Gasteiger charge is 2.21. The highest BCUT2D eigenvalue weighted by atomic mass is 14.7. The van der Waals surface area contributed by atoms with Crippen LogP contribution in [-0.4, -0.2) is 12.1 Å². The molecule has 2 heteroatoms. The third kappa shape index (κ3) is 16.8. The quantitative estimate of drug-likeness (QED) is 0.180. The van der Waals surface area contributed by atoms with E-state index >= 15 is 0 Å². The lowest BCUT2D eigenvalue weighted by molar-refractivity contribution is 0.356. The molecule has 0 rings (SSSR count). The van der Waals surface area contributed by atoms with Crippen LogP contribution in [0.3, 0.4) is 0 Å². The zero-order valence-corrected chi connectivity index (χ0v) is 17.8. The van der Waals surface area contributed by atoms with Crippen LogP contribution in [0.5, 0.6) is 0 Å². The number of rotatable bonds is 20. The van der Waals surface area contributed by atoms with Gasteiger partial charge in [0, 0.05) is 5.54 Å². The highest BCUT2D eigenvalue weighted by Crippen LogP contribution is 2.21. The van der Waals surface area contributed by atoms with Gasteiger partial charge in [-0.2, -0.15) is 0 Å². The van der Waals surface area contributed by atoms with E-state index in [2.05, 4.69) is 25.7 Å². The molecule has 0 aliphatic heterocycles. The lowest BCUT2D eigenvalue weighted by Gasteiger charge is -2.28. The topological polar surface area (TPSA) is 52.0 Å². The summed E-state index contributed by atoms with van der Waals surface area (Å²) < 4.78 is 0. The average molecular weight is 365 g/mol. The molecule has 0 radical (unpaired) electrons. The zero-order valence-electron chi connectivity index (χ0n) is 17.8. The van der Waals surface area contributed by atoms with Crippen molar-refractivity contribution < 1.29 is 0 Å². The van der Waals surface area contributed by atoms with Gasteiger partial charge in [0.05, 0.1) is 0 Å². The van der Waals surface area contributed by atoms with E-state index < -0.39 is 0 Å². The van der Waals surface area contributed by atoms with Crippen molar-refractivity contribution in [2.45, 2.75) is 122 Å². The van der Waals surface area contributed by atoms with E-state index in [9.17, 15) is 0 Å². The summed E-state index contributed by atoms with van der Waals surface area (Å²) in [6, 6.07) is 0. The minimum absolute atomic E-state index is 0.114. The summed E-state index contributed by atoms with van der Waals surface area (Å²) in [4.78, 5) is 0. The number of allylic oxidation sites excluding steroid dienone is 2. The molecule has 1 unspecified atom stereocenters. The van der Waals surface area contributed by atoms with Gasteiger partial charge in [0.15, 0.2) is 0 Å². The molecule has 0 bridgehead atoms. The minimum Gasteiger partial charge on any atom is -0.330 e. The molecule has 0 aromatic carbocycles. The van der Waals surface area contributed by atoms with E-state index in [1.807, 2.05) is 6.08 Å². The first-order chi connectivity index (χ1) is 12.7. The van der Waals surface area contributed by atoms with E-state index in [4.69, 9.17) is 11.5 Å². The third-order valence-corrected chi connectivity index (χ3v) is 5.38. The highest BCUT2D eigenvalue weighted by molar-refractivity contribution is 4.91. The van der Waals surface area contributed by atoms with Gasteiger partial charge in [0.25, 0.3) is 0 Å². The molecule has 0 aromatic rings. The fourth-order valence-electron chi connectivity index (χ4n) is 3.63. The van der Waals surface area contributed by atoms with Crippen molar-refractivity contribution in [3.05, 3.63) is 24.8 Å². The second kappa shape index (κ2) is 19.2. The summed E-state index contributed by atoms with van der Waals surface area (Å²) in [5.74, 6) is 0. The van der Waals surface area contributed by atoms with Crippen LogP contribution in [0.25, 0.3) is 0 Å². The maximum Gasteiger partial charge on any atom is 0.0201 e. The van der Waals surface area contributed by atoms with Crippen LogP contribution in [0.15, 0.2) is 24.8 Å². The molecular weight excluding hydrogens is 316 g/mol. The summed E-state index contributed by atoms with van der Waals surface area (Å²) in [5, 5.41) is 0. The molecule has 0 fully saturated rings. The number of hydrogen-bond donors (Lipinski definition) is 2. The fraction of sp³-hybridized carbons (Fsp3) is 0.833. The molecule has 2 nitrogen and oxygen atoms in total. The van der Waals surface area contributed by atoms with E-state index in [0.717, 1.165) is 19.3 Å². The van der Waals surface area contributed by atoms with Gasteiger partial charge in [-0.1, -0.05) is 89.4 Å². The Balaban J connectivity index is 3.37. The lowest BCUT2D eigenvalue weighted by Crippen LogP contribution is -2.41. The van der Waals surface area contributed by atoms with Crippen LogP contribution in [0, 0.1) is 0 Å². The van der Waals surface area contributed by atoms with Gasteiger partial charge >= 0.3 is 0 Å². The van der Waals surface area contributed by atoms with Crippen LogP contribution in [0.4, 0.5) is 0 Å². The summed E-state index contributed by atoms with van der Waals surface area (Å²) in [5.41, 5.74) is 12.0. The maximum absolute atomic E-state index is 6.42. The SMILES string of the molecule is C=CCC(N)(CCN)CCCCCCCC/C=C\CCCCCCCC. The molecule has 1 atom stereocenters. The van der Waals surface area contributed by atoms with Crippen LogP contribution in [-0.2, 0) is 0 Å². The van der Waals surface area contributed by atoms with Crippen molar-refractivity contribution in [1.29, 1.82) is 0 Å². The predicted molar refractivity (Wildman–Crippen MR) is 119 cm³/mol. The van der Waals surface area contributed by atoms with Gasteiger partial charge in [-0.15, -0.1) is 6.58 Å². The number of nitrogens with two attached hydrogens (primary N) is 2. The molecule has 0 aliphatic rings. The molecule has 0 amide bonds. The Kier molecular flexibility index (Phi) is 18.7. The molecule has 0 heterocycles. The molecule has 26 heavy (non-hydrogen) atoms. The number of unbranched alkanes of at least 4 members (excludes halogenated alkanes) is 12. The first-order valence-corrected chi connectivity index (χ1v) is 11.4. The Morgan fingerprint density at radius 3 is 1.73 bits per heavy atom. The smallest absolute Gasteiger partial charge is 0.0201 e. The van der Waals surface area contributed by atoms with Crippen molar-refractivity contribution in [2.75, 3.05) is 6.54 Å². The van der Waals surface area contributed by atoms with Gasteiger partial charge in [0.2, 0.25) is 0 Å². The second-order valence-electron chi connectivity index (χ2n) is 8.08. The Morgan fingerprint density at radius 2 is 1.23 bits per heavy atom. The van der Waals surface area contributed by atoms with Crippen molar-refractivity contribution in [1.82, 2.24) is 0 Å². The molecule has 0 spiro atoms. The standard InChI is InChI=1S/C24H48N2/c1-3-5-6-7-8-9-10-11-12-13-14-15-16-17-18-19-21-24(26,20-4-2)22-23-25/h4,11-12H,2-3,5-10,13-23,25-26H2,1H3/b12-11-. The molecule has 4 N–H and O–H groups in total. The Labute approximate surface area is 164 Å². The summed E-state index contributed by atoms with van der Waals surface area (Å²) >= 11 is 0. The van der Waals surface area contributed by atoms with Crippen molar-refractivity contribution in [3.63, 3.8) is 0 Å². The van der Waals surface area contributed by atoms with Crippen LogP contribution in [0.1, 0.15) is 116 Å². The monoisotopic (exact) mass is 364 g/mol. The first kappa shape index (κ1) is 25.4. The van der Waals surface area contributed by atoms with E-state index in [1.165, 1.54) is 89.9 Å². The average Bonchev–Trinajstić information content (AvgIpc) is 2.62. The van der Waals surface area contributed by atoms with Crippen LogP contribution < -0.4 is 11.5 Å². The largest absolute Gasteiger partial charge is 0.330 e. The van der Waals surface area contributed by atoms with Crippen LogP contribution >= 0.6 is 0 Å². The van der Waals surface area contributed by atoms with E-state index in [-0.39, 0.29) is 5.54 Å². The molecule has 154 valence electrons. The summed E-state index contributed by atoms with van der Waals surface area (Å²) in [7, 11) is 0. The minimum atomic E-state index is -0.114. The molecular formula is C24H48N2. The molecule has 0 saturated carbocycles. The van der Waals surface area contributed by atoms with Gasteiger partial charge in [-0.25, -0.2) is 0 Å². The molecule has 0 aliphatic carbocycles. The second-order valence-corrected chi connectivity index (χ2v) is 8.08. The summed E-state index contributed by atoms with van der Waals surface area (Å²) in [6.45, 7) is 6.78. The van der Waals surface area contributed by atoms with E-state index in [0.29, 0.717) is 6.54 Å². The van der Waals surface area contributed by atoms with Crippen LogP contribution in [0.2, 0.25) is 0 Å². The van der Waals surface area contributed by atoms with Gasteiger partial charge in [-0.3, -0.25) is 0 Å². The van der Waals surface area contributed by atoms with Crippen molar-refractivity contribution in [2.24, 2.45) is 11.5 Å². The zero-order chi connectivity index (χ0) is 19.3. The lowest BCUT2D eigenvalue weighted by atomic mass is 9.86.